The fourth-order valence-corrected chi connectivity index (χ4v) is 3.49. The molecule has 0 bridgehead atoms. The summed E-state index contributed by atoms with van der Waals surface area (Å²) in [7, 11) is 0. The Kier molecular flexibility index (Phi) is 4.91. The molecule has 1 N–H and O–H groups in total. The monoisotopic (exact) mass is 381 g/mol. The Morgan fingerprint density at radius 3 is 2.68 bits per heavy atom. The van der Waals surface area contributed by atoms with Crippen molar-refractivity contribution >= 4 is 22.8 Å². The molecule has 0 atom stereocenters. The van der Waals surface area contributed by atoms with E-state index in [0.717, 1.165) is 22.2 Å². The van der Waals surface area contributed by atoms with Crippen LogP contribution in [0.1, 0.15) is 19.9 Å². The second-order valence-corrected chi connectivity index (χ2v) is 7.26. The number of carboxylic acid groups (broad SMARTS) is 1. The Bertz CT molecular complexity index is 993. The molecule has 3 heterocycles. The van der Waals surface area contributed by atoms with Crippen molar-refractivity contribution in [3.05, 3.63) is 30.6 Å². The molecule has 1 saturated heterocycles. The van der Waals surface area contributed by atoms with Crippen molar-refractivity contribution in [3.63, 3.8) is 0 Å². The second-order valence-electron chi connectivity index (χ2n) is 7.26. The molecule has 9 nitrogen and oxygen atoms in total. The molecule has 0 unspecified atom stereocenters. The van der Waals surface area contributed by atoms with E-state index >= 15 is 0 Å². The number of fused-ring (bicyclic) bond motifs is 1. The van der Waals surface area contributed by atoms with Crippen molar-refractivity contribution in [3.8, 4) is 11.3 Å². The van der Waals surface area contributed by atoms with Crippen LogP contribution in [0.15, 0.2) is 30.6 Å². The Hall–Kier alpha value is -3.07. The van der Waals surface area contributed by atoms with Crippen molar-refractivity contribution in [2.75, 3.05) is 37.6 Å². The van der Waals surface area contributed by atoms with Crippen LogP contribution >= 0.6 is 0 Å². The van der Waals surface area contributed by atoms with Crippen LogP contribution in [0.4, 0.5) is 5.95 Å². The van der Waals surface area contributed by atoms with Crippen LogP contribution in [0.25, 0.3) is 22.2 Å². The Morgan fingerprint density at radius 2 is 1.96 bits per heavy atom. The number of benzene rings is 1. The van der Waals surface area contributed by atoms with E-state index in [-0.39, 0.29) is 6.54 Å². The van der Waals surface area contributed by atoms with E-state index in [1.54, 1.807) is 6.20 Å². The zero-order valence-electron chi connectivity index (χ0n) is 16.0. The van der Waals surface area contributed by atoms with Crippen LogP contribution < -0.4 is 4.90 Å². The minimum Gasteiger partial charge on any atom is -0.480 e. The molecular weight excluding hydrogens is 358 g/mol. The number of anilines is 1. The van der Waals surface area contributed by atoms with Crippen LogP contribution in [0.3, 0.4) is 0 Å². The summed E-state index contributed by atoms with van der Waals surface area (Å²) < 4.78 is 2.00. The maximum atomic E-state index is 10.9. The fraction of sp³-hybridized carbons (Fsp3) is 0.421. The zero-order chi connectivity index (χ0) is 19.7. The predicted octanol–water partition coefficient (Wildman–Crippen LogP) is 1.68. The molecule has 0 aliphatic carbocycles. The molecule has 4 rings (SSSR count). The number of aromatic nitrogens is 5. The van der Waals surface area contributed by atoms with Gasteiger partial charge >= 0.3 is 5.97 Å². The van der Waals surface area contributed by atoms with Gasteiger partial charge in [-0.1, -0.05) is 6.07 Å². The van der Waals surface area contributed by atoms with Crippen LogP contribution in [0.2, 0.25) is 0 Å². The number of aliphatic carboxylic acids is 1. The van der Waals surface area contributed by atoms with Crippen molar-refractivity contribution in [2.45, 2.75) is 19.9 Å². The zero-order valence-corrected chi connectivity index (χ0v) is 16.0. The highest BCUT2D eigenvalue weighted by molar-refractivity contribution is 5.84. The molecule has 1 fully saturated rings. The quantitative estimate of drug-likeness (QED) is 0.712. The summed E-state index contributed by atoms with van der Waals surface area (Å²) in [5.74, 6) is -0.227. The minimum absolute atomic E-state index is 0.0665. The van der Waals surface area contributed by atoms with Gasteiger partial charge in [0.15, 0.2) is 0 Å². The molecule has 9 heteroatoms. The number of hydrogen-bond donors (Lipinski definition) is 1. The van der Waals surface area contributed by atoms with Crippen molar-refractivity contribution in [1.82, 2.24) is 29.9 Å². The molecule has 28 heavy (non-hydrogen) atoms. The van der Waals surface area contributed by atoms with Crippen LogP contribution in [-0.4, -0.2) is 73.7 Å². The summed E-state index contributed by atoms with van der Waals surface area (Å²) in [5.41, 5.74) is 2.82. The van der Waals surface area contributed by atoms with E-state index in [0.29, 0.717) is 38.2 Å². The topological polar surface area (TPSA) is 100 Å². The van der Waals surface area contributed by atoms with Gasteiger partial charge in [-0.15, -0.1) is 5.10 Å². The maximum absolute atomic E-state index is 10.9. The van der Waals surface area contributed by atoms with Gasteiger partial charge in [0.25, 0.3) is 0 Å². The van der Waals surface area contributed by atoms with Gasteiger partial charge in [-0.25, -0.2) is 4.98 Å². The molecule has 0 saturated carbocycles. The van der Waals surface area contributed by atoms with Crippen LogP contribution in [-0.2, 0) is 4.79 Å². The molecule has 1 aromatic carbocycles. The van der Waals surface area contributed by atoms with E-state index in [1.165, 1.54) is 0 Å². The van der Waals surface area contributed by atoms with Gasteiger partial charge in [0.05, 0.1) is 30.1 Å². The van der Waals surface area contributed by atoms with E-state index in [2.05, 4.69) is 41.3 Å². The van der Waals surface area contributed by atoms with E-state index in [1.807, 2.05) is 26.7 Å². The van der Waals surface area contributed by atoms with E-state index in [9.17, 15) is 4.79 Å². The molecule has 146 valence electrons. The summed E-state index contributed by atoms with van der Waals surface area (Å²) in [4.78, 5) is 19.5. The fourth-order valence-electron chi connectivity index (χ4n) is 3.49. The molecule has 0 radical (unpaired) electrons. The lowest BCUT2D eigenvalue weighted by atomic mass is 10.1. The Labute approximate surface area is 162 Å². The SMILES string of the molecule is CC(C)n1ncc2cc(-c3cnnc(N4CCN(CC(=O)O)CC4)n3)ccc21. The van der Waals surface area contributed by atoms with Gasteiger partial charge in [-0.3, -0.25) is 14.4 Å². The lowest BCUT2D eigenvalue weighted by Gasteiger charge is -2.33. The minimum atomic E-state index is -0.801. The van der Waals surface area contributed by atoms with Crippen LogP contribution in [0, 0.1) is 0 Å². The Balaban J connectivity index is 1.54. The maximum Gasteiger partial charge on any atom is 0.317 e. The second kappa shape index (κ2) is 7.51. The first kappa shape index (κ1) is 18.3. The number of nitrogens with zero attached hydrogens (tertiary/aromatic N) is 7. The highest BCUT2D eigenvalue weighted by Crippen LogP contribution is 2.25. The summed E-state index contributed by atoms with van der Waals surface area (Å²) in [6.07, 6.45) is 3.54. The number of hydrogen-bond acceptors (Lipinski definition) is 7. The summed E-state index contributed by atoms with van der Waals surface area (Å²) >= 11 is 0. The van der Waals surface area contributed by atoms with E-state index in [4.69, 9.17) is 10.1 Å². The average Bonchev–Trinajstić information content (AvgIpc) is 3.12. The third-order valence-corrected chi connectivity index (χ3v) is 4.94. The first-order chi connectivity index (χ1) is 13.5. The summed E-state index contributed by atoms with van der Waals surface area (Å²) in [6, 6.07) is 6.46. The molecular formula is C19H23N7O2. The van der Waals surface area contributed by atoms with Gasteiger partial charge in [-0.05, 0) is 26.0 Å². The standard InChI is InChI=1S/C19H23N7O2/c1-13(2)26-17-4-3-14(9-15(17)10-21-26)16-11-20-23-19(22-16)25-7-5-24(6-8-25)12-18(27)28/h3-4,9-11,13H,5-8,12H2,1-2H3,(H,27,28). The van der Waals surface area contributed by atoms with Gasteiger partial charge in [0, 0.05) is 43.2 Å². The third-order valence-electron chi connectivity index (χ3n) is 4.94. The molecule has 3 aromatic rings. The summed E-state index contributed by atoms with van der Waals surface area (Å²) in [5, 5.41) is 22.8. The largest absolute Gasteiger partial charge is 0.480 e. The number of carboxylic acids is 1. The predicted molar refractivity (Wildman–Crippen MR) is 105 cm³/mol. The summed E-state index contributed by atoms with van der Waals surface area (Å²) in [6.45, 7) is 6.98. The van der Waals surface area contributed by atoms with Crippen molar-refractivity contribution in [2.24, 2.45) is 0 Å². The van der Waals surface area contributed by atoms with Gasteiger partial charge in [-0.2, -0.15) is 10.2 Å². The Morgan fingerprint density at radius 1 is 1.18 bits per heavy atom. The van der Waals surface area contributed by atoms with Gasteiger partial charge in [0.2, 0.25) is 5.95 Å². The van der Waals surface area contributed by atoms with Crippen molar-refractivity contribution in [1.29, 1.82) is 0 Å². The molecule has 1 aliphatic heterocycles. The number of carbonyl (C=O) groups is 1. The molecule has 2 aromatic heterocycles. The van der Waals surface area contributed by atoms with Crippen molar-refractivity contribution < 1.29 is 9.90 Å². The molecule has 0 spiro atoms. The highest BCUT2D eigenvalue weighted by atomic mass is 16.4. The first-order valence-corrected chi connectivity index (χ1v) is 9.38. The number of rotatable bonds is 5. The third kappa shape index (κ3) is 3.65. The highest BCUT2D eigenvalue weighted by Gasteiger charge is 2.21. The lowest BCUT2D eigenvalue weighted by Crippen LogP contribution is -2.48. The average molecular weight is 381 g/mol. The molecule has 1 aliphatic rings. The van der Waals surface area contributed by atoms with Gasteiger partial charge < -0.3 is 10.0 Å². The van der Waals surface area contributed by atoms with E-state index < -0.39 is 5.97 Å². The lowest BCUT2D eigenvalue weighted by molar-refractivity contribution is -0.138. The normalized spacial score (nSPS) is 15.5. The van der Waals surface area contributed by atoms with Gasteiger partial charge in [0.1, 0.15) is 0 Å². The number of piperazine rings is 1. The first-order valence-electron chi connectivity index (χ1n) is 9.38. The smallest absolute Gasteiger partial charge is 0.317 e. The molecule has 0 amide bonds. The van der Waals surface area contributed by atoms with Crippen LogP contribution in [0.5, 0.6) is 0 Å².